The van der Waals surface area contributed by atoms with E-state index in [0.717, 1.165) is 17.7 Å². The fourth-order valence-corrected chi connectivity index (χ4v) is 1.34. The first kappa shape index (κ1) is 9.71. The second-order valence-electron chi connectivity index (χ2n) is 3.02. The highest BCUT2D eigenvalue weighted by atomic mass is 16.4. The Labute approximate surface area is 77.4 Å². The molecule has 0 aliphatic carbocycles. The lowest BCUT2D eigenvalue weighted by Crippen LogP contribution is -2.05. The van der Waals surface area contributed by atoms with E-state index in [1.54, 1.807) is 13.0 Å². The normalized spacial score (nSPS) is 10.1. The molecule has 13 heavy (non-hydrogen) atoms. The van der Waals surface area contributed by atoms with Crippen molar-refractivity contribution in [2.75, 3.05) is 0 Å². The summed E-state index contributed by atoms with van der Waals surface area (Å²) in [5.74, 6) is -0.903. The van der Waals surface area contributed by atoms with Gasteiger partial charge in [-0.25, -0.2) is 4.79 Å². The summed E-state index contributed by atoms with van der Waals surface area (Å²) in [6.45, 7) is 5.61. The molecule has 0 radical (unpaired) electrons. The average Bonchev–Trinajstić information content (AvgIpc) is 2.03. The quantitative estimate of drug-likeness (QED) is 0.755. The molecule has 0 atom stereocenters. The molecule has 1 N–H and O–H groups in total. The van der Waals surface area contributed by atoms with E-state index in [4.69, 9.17) is 5.11 Å². The number of nitrogens with zero attached hydrogens (tertiary/aromatic N) is 1. The standard InChI is InChI=1S/C10H13NO2/c1-4-8-5-9(10(12)13)7(3)11-6(8)2/h5H,4H2,1-3H3,(H,12,13). The number of hydrogen-bond acceptors (Lipinski definition) is 2. The van der Waals surface area contributed by atoms with Gasteiger partial charge in [-0.3, -0.25) is 4.98 Å². The van der Waals surface area contributed by atoms with Gasteiger partial charge in [-0.1, -0.05) is 6.92 Å². The second-order valence-corrected chi connectivity index (χ2v) is 3.02. The Morgan fingerprint density at radius 1 is 1.46 bits per heavy atom. The van der Waals surface area contributed by atoms with Crippen molar-refractivity contribution < 1.29 is 9.90 Å². The zero-order valence-corrected chi connectivity index (χ0v) is 8.09. The number of aromatic carboxylic acids is 1. The minimum Gasteiger partial charge on any atom is -0.478 e. The summed E-state index contributed by atoms with van der Waals surface area (Å²) in [6.07, 6.45) is 0.819. The molecule has 1 aromatic heterocycles. The Bertz CT molecular complexity index is 345. The van der Waals surface area contributed by atoms with E-state index in [2.05, 4.69) is 4.98 Å². The smallest absolute Gasteiger partial charge is 0.337 e. The van der Waals surface area contributed by atoms with Gasteiger partial charge in [-0.15, -0.1) is 0 Å². The molecule has 0 aromatic carbocycles. The number of carboxylic acids is 1. The van der Waals surface area contributed by atoms with Crippen LogP contribution in [0.5, 0.6) is 0 Å². The zero-order chi connectivity index (χ0) is 10.0. The highest BCUT2D eigenvalue weighted by molar-refractivity contribution is 5.89. The minimum absolute atomic E-state index is 0.308. The van der Waals surface area contributed by atoms with Crippen LogP contribution in [0.15, 0.2) is 6.07 Å². The number of aryl methyl sites for hydroxylation is 3. The van der Waals surface area contributed by atoms with Gasteiger partial charge in [0.2, 0.25) is 0 Å². The summed E-state index contributed by atoms with van der Waals surface area (Å²) >= 11 is 0. The van der Waals surface area contributed by atoms with Gasteiger partial charge in [0.1, 0.15) is 0 Å². The summed E-state index contributed by atoms with van der Waals surface area (Å²) in [6, 6.07) is 1.71. The van der Waals surface area contributed by atoms with Crippen molar-refractivity contribution in [1.29, 1.82) is 0 Å². The van der Waals surface area contributed by atoms with Crippen LogP contribution in [0.2, 0.25) is 0 Å². The van der Waals surface area contributed by atoms with E-state index in [1.807, 2.05) is 13.8 Å². The van der Waals surface area contributed by atoms with Crippen LogP contribution in [-0.4, -0.2) is 16.1 Å². The van der Waals surface area contributed by atoms with Crippen LogP contribution in [0.3, 0.4) is 0 Å². The van der Waals surface area contributed by atoms with E-state index in [9.17, 15) is 4.79 Å². The van der Waals surface area contributed by atoms with Crippen LogP contribution < -0.4 is 0 Å². The molecule has 0 amide bonds. The van der Waals surface area contributed by atoms with Gasteiger partial charge in [-0.05, 0) is 31.9 Å². The largest absolute Gasteiger partial charge is 0.478 e. The lowest BCUT2D eigenvalue weighted by molar-refractivity contribution is 0.0695. The van der Waals surface area contributed by atoms with Gasteiger partial charge in [0.25, 0.3) is 0 Å². The van der Waals surface area contributed by atoms with Crippen LogP contribution in [0.25, 0.3) is 0 Å². The van der Waals surface area contributed by atoms with E-state index in [0.29, 0.717) is 11.3 Å². The lowest BCUT2D eigenvalue weighted by Gasteiger charge is -2.06. The minimum atomic E-state index is -0.903. The van der Waals surface area contributed by atoms with Crippen molar-refractivity contribution in [2.45, 2.75) is 27.2 Å². The van der Waals surface area contributed by atoms with Gasteiger partial charge in [0, 0.05) is 5.69 Å². The van der Waals surface area contributed by atoms with Crippen LogP contribution in [0, 0.1) is 13.8 Å². The van der Waals surface area contributed by atoms with E-state index in [1.165, 1.54) is 0 Å². The molecular formula is C10H13NO2. The van der Waals surface area contributed by atoms with Gasteiger partial charge < -0.3 is 5.11 Å². The Hall–Kier alpha value is -1.38. The van der Waals surface area contributed by atoms with Gasteiger partial charge in [-0.2, -0.15) is 0 Å². The number of carboxylic acid groups (broad SMARTS) is 1. The van der Waals surface area contributed by atoms with Crippen molar-refractivity contribution >= 4 is 5.97 Å². The van der Waals surface area contributed by atoms with Crippen LogP contribution in [0.4, 0.5) is 0 Å². The summed E-state index contributed by atoms with van der Waals surface area (Å²) in [7, 11) is 0. The molecule has 0 saturated carbocycles. The molecule has 1 heterocycles. The van der Waals surface area contributed by atoms with Crippen LogP contribution in [0.1, 0.15) is 34.2 Å². The molecule has 0 spiro atoms. The second kappa shape index (κ2) is 3.56. The first-order valence-corrected chi connectivity index (χ1v) is 4.26. The highest BCUT2D eigenvalue weighted by Gasteiger charge is 2.10. The van der Waals surface area contributed by atoms with Crippen molar-refractivity contribution in [3.05, 3.63) is 28.6 Å². The molecule has 0 unspecified atom stereocenters. The molecule has 3 heteroatoms. The number of aromatic nitrogens is 1. The summed E-state index contributed by atoms with van der Waals surface area (Å²) < 4.78 is 0. The van der Waals surface area contributed by atoms with Crippen molar-refractivity contribution in [3.8, 4) is 0 Å². The SMILES string of the molecule is CCc1cc(C(=O)O)c(C)nc1C. The van der Waals surface area contributed by atoms with Crippen molar-refractivity contribution in [1.82, 2.24) is 4.98 Å². The fourth-order valence-electron chi connectivity index (χ4n) is 1.34. The van der Waals surface area contributed by atoms with Gasteiger partial charge in [0.15, 0.2) is 0 Å². The molecule has 70 valence electrons. The number of rotatable bonds is 2. The fraction of sp³-hybridized carbons (Fsp3) is 0.400. The third kappa shape index (κ3) is 1.86. The molecule has 0 saturated heterocycles. The molecule has 0 aliphatic heterocycles. The number of carbonyl (C=O) groups is 1. The zero-order valence-electron chi connectivity index (χ0n) is 8.09. The summed E-state index contributed by atoms with van der Waals surface area (Å²) in [5.41, 5.74) is 2.82. The van der Waals surface area contributed by atoms with Gasteiger partial charge in [0.05, 0.1) is 11.3 Å². The molecule has 3 nitrogen and oxygen atoms in total. The van der Waals surface area contributed by atoms with E-state index >= 15 is 0 Å². The molecule has 0 aliphatic rings. The topological polar surface area (TPSA) is 50.2 Å². The Kier molecular flexibility index (Phi) is 2.66. The monoisotopic (exact) mass is 179 g/mol. The molecule has 0 bridgehead atoms. The maximum atomic E-state index is 10.8. The molecule has 0 fully saturated rings. The van der Waals surface area contributed by atoms with E-state index in [-0.39, 0.29) is 0 Å². The predicted octanol–water partition coefficient (Wildman–Crippen LogP) is 1.96. The summed E-state index contributed by atoms with van der Waals surface area (Å²) in [5, 5.41) is 8.84. The Morgan fingerprint density at radius 2 is 2.08 bits per heavy atom. The van der Waals surface area contributed by atoms with Crippen LogP contribution >= 0.6 is 0 Å². The third-order valence-electron chi connectivity index (χ3n) is 2.12. The number of pyridine rings is 1. The maximum Gasteiger partial charge on any atom is 0.337 e. The van der Waals surface area contributed by atoms with Crippen LogP contribution in [-0.2, 0) is 6.42 Å². The van der Waals surface area contributed by atoms with Crippen molar-refractivity contribution in [3.63, 3.8) is 0 Å². The van der Waals surface area contributed by atoms with Crippen molar-refractivity contribution in [2.24, 2.45) is 0 Å². The third-order valence-corrected chi connectivity index (χ3v) is 2.12. The Balaban J connectivity index is 3.30. The molecule has 1 rings (SSSR count). The number of hydrogen-bond donors (Lipinski definition) is 1. The predicted molar refractivity (Wildman–Crippen MR) is 50.0 cm³/mol. The average molecular weight is 179 g/mol. The first-order chi connectivity index (χ1) is 6.06. The van der Waals surface area contributed by atoms with E-state index < -0.39 is 5.97 Å². The first-order valence-electron chi connectivity index (χ1n) is 4.26. The summed E-state index contributed by atoms with van der Waals surface area (Å²) in [4.78, 5) is 14.9. The highest BCUT2D eigenvalue weighted by Crippen LogP contribution is 2.12. The van der Waals surface area contributed by atoms with Gasteiger partial charge >= 0.3 is 5.97 Å². The lowest BCUT2D eigenvalue weighted by atomic mass is 10.1. The Morgan fingerprint density at radius 3 is 2.54 bits per heavy atom. The maximum absolute atomic E-state index is 10.8. The molecular weight excluding hydrogens is 166 g/mol. The molecule has 1 aromatic rings.